The Labute approximate surface area is 144 Å². The summed E-state index contributed by atoms with van der Waals surface area (Å²) >= 11 is 1.81. The zero-order chi connectivity index (χ0) is 14.1. The van der Waals surface area contributed by atoms with E-state index in [1.54, 1.807) is 19.0 Å². The number of hydrogen-bond donors (Lipinski definition) is 1. The van der Waals surface area contributed by atoms with Gasteiger partial charge in [0.15, 0.2) is 5.96 Å². The van der Waals surface area contributed by atoms with Crippen LogP contribution in [0, 0.1) is 0 Å². The minimum Gasteiger partial charge on any atom is -0.355 e. The fourth-order valence-electron chi connectivity index (χ4n) is 1.92. The van der Waals surface area contributed by atoms with Crippen LogP contribution in [0.5, 0.6) is 0 Å². The van der Waals surface area contributed by atoms with E-state index in [-0.39, 0.29) is 36.4 Å². The van der Waals surface area contributed by atoms with Crippen LogP contribution in [0.1, 0.15) is 19.3 Å². The third-order valence-electron chi connectivity index (χ3n) is 3.11. The van der Waals surface area contributed by atoms with Crippen molar-refractivity contribution in [1.82, 2.24) is 15.1 Å². The molecule has 0 saturated carbocycles. The summed E-state index contributed by atoms with van der Waals surface area (Å²) in [6.45, 7) is 3.21. The van der Waals surface area contributed by atoms with Gasteiger partial charge in [-0.25, -0.2) is 4.99 Å². The van der Waals surface area contributed by atoms with Crippen LogP contribution in [0.4, 0.5) is 0 Å². The molecule has 5 nitrogen and oxygen atoms in total. The van der Waals surface area contributed by atoms with Crippen molar-refractivity contribution >= 4 is 47.6 Å². The van der Waals surface area contributed by atoms with Gasteiger partial charge in [0.1, 0.15) is 6.54 Å². The van der Waals surface area contributed by atoms with E-state index in [1.807, 2.05) is 11.8 Å². The van der Waals surface area contributed by atoms with Gasteiger partial charge in [-0.05, 0) is 25.5 Å². The van der Waals surface area contributed by atoms with Gasteiger partial charge in [0.25, 0.3) is 0 Å². The maximum atomic E-state index is 11.6. The first-order valence-corrected chi connectivity index (χ1v) is 8.27. The predicted molar refractivity (Wildman–Crippen MR) is 98.2 cm³/mol. The molecular weight excluding hydrogens is 387 g/mol. The lowest BCUT2D eigenvalue weighted by molar-refractivity contribution is -0.127. The van der Waals surface area contributed by atoms with Crippen LogP contribution in [-0.2, 0) is 4.79 Å². The molecule has 0 unspecified atom stereocenters. The number of rotatable bonds is 5. The van der Waals surface area contributed by atoms with E-state index in [0.29, 0.717) is 0 Å². The molecule has 1 saturated heterocycles. The van der Waals surface area contributed by atoms with E-state index in [0.717, 1.165) is 31.3 Å². The quantitative estimate of drug-likeness (QED) is 0.321. The highest BCUT2D eigenvalue weighted by Gasteiger charge is 2.15. The Balaban J connectivity index is 0.00000361. The fraction of sp³-hybridized carbons (Fsp3) is 0.846. The highest BCUT2D eigenvalue weighted by molar-refractivity contribution is 14.0. The van der Waals surface area contributed by atoms with Crippen LogP contribution in [0.15, 0.2) is 4.99 Å². The van der Waals surface area contributed by atoms with Gasteiger partial charge in [-0.3, -0.25) is 4.79 Å². The number of carbonyl (C=O) groups excluding carboxylic acids is 1. The van der Waals surface area contributed by atoms with Crippen LogP contribution < -0.4 is 5.32 Å². The highest BCUT2D eigenvalue weighted by atomic mass is 127. The molecule has 0 aromatic carbocycles. The Morgan fingerprint density at radius 3 is 2.50 bits per heavy atom. The summed E-state index contributed by atoms with van der Waals surface area (Å²) in [6.07, 6.45) is 5.82. The Bertz CT molecular complexity index is 307. The normalized spacial score (nSPS) is 15.6. The van der Waals surface area contributed by atoms with Gasteiger partial charge < -0.3 is 15.1 Å². The standard InChI is InChI=1S/C13H26N4OS.HI/c1-16(2)12(18)11-15-13(14-7-10-19-3)17-8-5-4-6-9-17;/h4-11H2,1-3H3,(H,14,15);1H. The summed E-state index contributed by atoms with van der Waals surface area (Å²) in [5, 5.41) is 3.37. The van der Waals surface area contributed by atoms with E-state index >= 15 is 0 Å². The molecular formula is C13H27IN4OS. The van der Waals surface area contributed by atoms with Gasteiger partial charge >= 0.3 is 0 Å². The molecule has 1 heterocycles. The van der Waals surface area contributed by atoms with Gasteiger partial charge in [0, 0.05) is 39.5 Å². The second kappa shape index (κ2) is 11.5. The lowest BCUT2D eigenvalue weighted by Crippen LogP contribution is -2.45. The fourth-order valence-corrected chi connectivity index (χ4v) is 2.23. The number of guanidine groups is 1. The number of amides is 1. The summed E-state index contributed by atoms with van der Waals surface area (Å²) in [5.74, 6) is 1.99. The van der Waals surface area contributed by atoms with E-state index in [1.165, 1.54) is 19.3 Å². The zero-order valence-electron chi connectivity index (χ0n) is 12.7. The van der Waals surface area contributed by atoms with Crippen molar-refractivity contribution in [2.45, 2.75) is 19.3 Å². The van der Waals surface area contributed by atoms with Crippen molar-refractivity contribution < 1.29 is 4.79 Å². The molecule has 7 heteroatoms. The van der Waals surface area contributed by atoms with Crippen molar-refractivity contribution in [2.75, 3.05) is 52.3 Å². The Morgan fingerprint density at radius 2 is 1.95 bits per heavy atom. The van der Waals surface area contributed by atoms with Crippen molar-refractivity contribution in [3.63, 3.8) is 0 Å². The number of nitrogens with zero attached hydrogens (tertiary/aromatic N) is 3. The average molecular weight is 414 g/mol. The third kappa shape index (κ3) is 7.56. The third-order valence-corrected chi connectivity index (χ3v) is 3.72. The summed E-state index contributed by atoms with van der Waals surface area (Å²) in [6, 6.07) is 0. The minimum atomic E-state index is 0. The monoisotopic (exact) mass is 414 g/mol. The molecule has 0 radical (unpaired) electrons. The molecule has 1 aliphatic rings. The molecule has 0 bridgehead atoms. The van der Waals surface area contributed by atoms with Gasteiger partial charge in [0.2, 0.25) is 5.91 Å². The largest absolute Gasteiger partial charge is 0.355 e. The number of carbonyl (C=O) groups is 1. The van der Waals surface area contributed by atoms with Crippen molar-refractivity contribution in [1.29, 1.82) is 0 Å². The van der Waals surface area contributed by atoms with Gasteiger partial charge in [-0.1, -0.05) is 0 Å². The van der Waals surface area contributed by atoms with E-state index in [9.17, 15) is 4.79 Å². The topological polar surface area (TPSA) is 47.9 Å². The molecule has 0 aromatic heterocycles. The van der Waals surface area contributed by atoms with Crippen LogP contribution >= 0.6 is 35.7 Å². The second-order valence-electron chi connectivity index (χ2n) is 4.90. The van der Waals surface area contributed by atoms with Gasteiger partial charge in [-0.15, -0.1) is 24.0 Å². The highest BCUT2D eigenvalue weighted by Crippen LogP contribution is 2.08. The Kier molecular flexibility index (Phi) is 11.4. The van der Waals surface area contributed by atoms with E-state index in [4.69, 9.17) is 0 Å². The number of piperidine rings is 1. The Hall–Kier alpha value is -0.180. The van der Waals surface area contributed by atoms with Crippen LogP contribution in [0.2, 0.25) is 0 Å². The molecule has 1 aliphatic heterocycles. The summed E-state index contributed by atoms with van der Waals surface area (Å²) in [7, 11) is 3.53. The van der Waals surface area contributed by atoms with Crippen molar-refractivity contribution in [3.8, 4) is 0 Å². The number of halogens is 1. The first-order valence-electron chi connectivity index (χ1n) is 6.87. The first kappa shape index (κ1) is 19.8. The summed E-state index contributed by atoms with van der Waals surface area (Å²) in [4.78, 5) is 20.0. The summed E-state index contributed by atoms with van der Waals surface area (Å²) < 4.78 is 0. The molecule has 118 valence electrons. The van der Waals surface area contributed by atoms with Gasteiger partial charge in [-0.2, -0.15) is 11.8 Å². The summed E-state index contributed by atoms with van der Waals surface area (Å²) in [5.41, 5.74) is 0. The second-order valence-corrected chi connectivity index (χ2v) is 5.88. The molecule has 0 spiro atoms. The Morgan fingerprint density at radius 1 is 1.30 bits per heavy atom. The van der Waals surface area contributed by atoms with Crippen LogP contribution in [0.3, 0.4) is 0 Å². The maximum Gasteiger partial charge on any atom is 0.243 e. The number of likely N-dealkylation sites (tertiary alicyclic amines) is 1. The maximum absolute atomic E-state index is 11.6. The lowest BCUT2D eigenvalue weighted by Gasteiger charge is -2.30. The van der Waals surface area contributed by atoms with Crippen LogP contribution in [-0.4, -0.2) is 73.9 Å². The van der Waals surface area contributed by atoms with E-state index < -0.39 is 0 Å². The molecule has 1 N–H and O–H groups in total. The van der Waals surface area contributed by atoms with E-state index in [2.05, 4.69) is 21.5 Å². The average Bonchev–Trinajstić information content (AvgIpc) is 2.43. The molecule has 0 atom stereocenters. The minimum absolute atomic E-state index is 0. The molecule has 0 aromatic rings. The molecule has 1 fully saturated rings. The smallest absolute Gasteiger partial charge is 0.243 e. The molecule has 1 rings (SSSR count). The van der Waals surface area contributed by atoms with Crippen molar-refractivity contribution in [3.05, 3.63) is 0 Å². The van der Waals surface area contributed by atoms with Crippen LogP contribution in [0.25, 0.3) is 0 Å². The molecule has 0 aliphatic carbocycles. The SMILES string of the molecule is CSCCNC(=NCC(=O)N(C)C)N1CCCCC1.I. The number of aliphatic imine (C=N–C) groups is 1. The van der Waals surface area contributed by atoms with Gasteiger partial charge in [0.05, 0.1) is 0 Å². The number of thioether (sulfide) groups is 1. The number of hydrogen-bond acceptors (Lipinski definition) is 3. The number of nitrogens with one attached hydrogen (secondary N) is 1. The first-order chi connectivity index (χ1) is 9.15. The molecule has 1 amide bonds. The lowest BCUT2D eigenvalue weighted by atomic mass is 10.1. The molecule has 20 heavy (non-hydrogen) atoms. The van der Waals surface area contributed by atoms with Crippen molar-refractivity contribution in [2.24, 2.45) is 4.99 Å². The number of likely N-dealkylation sites (N-methyl/N-ethyl adjacent to an activating group) is 1. The predicted octanol–water partition coefficient (Wildman–Crippen LogP) is 1.49. The zero-order valence-corrected chi connectivity index (χ0v) is 15.9.